The quantitative estimate of drug-likeness (QED) is 0.539. The van der Waals surface area contributed by atoms with E-state index in [1.165, 1.54) is 19.4 Å². The van der Waals surface area contributed by atoms with Gasteiger partial charge in [-0.05, 0) is 25.3 Å². The summed E-state index contributed by atoms with van der Waals surface area (Å²) >= 11 is 0. The third kappa shape index (κ3) is 3.51. The van der Waals surface area contributed by atoms with Crippen LogP contribution in [0.5, 0.6) is 0 Å². The van der Waals surface area contributed by atoms with E-state index in [2.05, 4.69) is 11.8 Å². The summed E-state index contributed by atoms with van der Waals surface area (Å²) in [5.41, 5.74) is 0. The minimum atomic E-state index is 0.695. The second-order valence-corrected chi connectivity index (χ2v) is 3.29. The maximum atomic E-state index is 10.1. The zero-order valence-corrected chi connectivity index (χ0v) is 7.25. The van der Waals surface area contributed by atoms with Crippen LogP contribution in [0.25, 0.3) is 0 Å². The average Bonchev–Trinajstić information content (AvgIpc) is 2.81. The summed E-state index contributed by atoms with van der Waals surface area (Å²) in [6.07, 6.45) is 4.51. The molecule has 0 spiro atoms. The van der Waals surface area contributed by atoms with E-state index in [1.54, 1.807) is 0 Å². The number of carbonyl (C=O) groups excluding carboxylic acids is 1. The molecule has 64 valence electrons. The van der Waals surface area contributed by atoms with Crippen LogP contribution >= 0.6 is 0 Å². The molecule has 0 atom stereocenters. The standard InChI is InChI=1S/C9H17NO/c1-2-10(6-3-7-11)8-9-4-5-9/h7,9H,2-6,8H2,1H3. The third-order valence-corrected chi connectivity index (χ3v) is 2.22. The Morgan fingerprint density at radius 1 is 1.55 bits per heavy atom. The SMILES string of the molecule is CCN(CCC=O)CC1CC1. The normalized spacial score (nSPS) is 17.3. The first-order chi connectivity index (χ1) is 5.36. The van der Waals surface area contributed by atoms with E-state index < -0.39 is 0 Å². The lowest BCUT2D eigenvalue weighted by atomic mass is 10.3. The van der Waals surface area contributed by atoms with Crippen LogP contribution in [0.15, 0.2) is 0 Å². The van der Waals surface area contributed by atoms with Crippen LogP contribution in [0.3, 0.4) is 0 Å². The van der Waals surface area contributed by atoms with Crippen molar-refractivity contribution in [3.05, 3.63) is 0 Å². The summed E-state index contributed by atoms with van der Waals surface area (Å²) in [7, 11) is 0. The highest BCUT2D eigenvalue weighted by Gasteiger charge is 2.23. The second-order valence-electron chi connectivity index (χ2n) is 3.29. The molecule has 0 radical (unpaired) electrons. The Bertz CT molecular complexity index is 121. The fraction of sp³-hybridized carbons (Fsp3) is 0.889. The molecule has 1 fully saturated rings. The predicted molar refractivity (Wildman–Crippen MR) is 45.5 cm³/mol. The monoisotopic (exact) mass is 155 g/mol. The summed E-state index contributed by atoms with van der Waals surface area (Å²) < 4.78 is 0. The van der Waals surface area contributed by atoms with Gasteiger partial charge in [-0.3, -0.25) is 0 Å². The van der Waals surface area contributed by atoms with Gasteiger partial charge in [0.15, 0.2) is 0 Å². The topological polar surface area (TPSA) is 20.3 Å². The van der Waals surface area contributed by atoms with Crippen LogP contribution in [0.2, 0.25) is 0 Å². The van der Waals surface area contributed by atoms with Crippen molar-refractivity contribution in [2.45, 2.75) is 26.2 Å². The molecule has 0 saturated heterocycles. The molecule has 0 bridgehead atoms. The van der Waals surface area contributed by atoms with Crippen LogP contribution in [-0.4, -0.2) is 30.8 Å². The molecular formula is C9H17NO. The molecule has 1 rings (SSSR count). The van der Waals surface area contributed by atoms with Crippen molar-refractivity contribution in [2.75, 3.05) is 19.6 Å². The summed E-state index contributed by atoms with van der Waals surface area (Å²) in [6, 6.07) is 0. The van der Waals surface area contributed by atoms with Gasteiger partial charge in [0.1, 0.15) is 6.29 Å². The highest BCUT2D eigenvalue weighted by Crippen LogP contribution is 2.29. The number of nitrogens with zero attached hydrogens (tertiary/aromatic N) is 1. The fourth-order valence-corrected chi connectivity index (χ4v) is 1.28. The first-order valence-electron chi connectivity index (χ1n) is 4.52. The molecule has 1 aliphatic carbocycles. The summed E-state index contributed by atoms with van der Waals surface area (Å²) in [6.45, 7) is 5.42. The zero-order chi connectivity index (χ0) is 8.10. The van der Waals surface area contributed by atoms with Crippen molar-refractivity contribution in [2.24, 2.45) is 5.92 Å². The maximum Gasteiger partial charge on any atom is 0.121 e. The average molecular weight is 155 g/mol. The maximum absolute atomic E-state index is 10.1. The lowest BCUT2D eigenvalue weighted by molar-refractivity contribution is -0.108. The van der Waals surface area contributed by atoms with Gasteiger partial charge in [0, 0.05) is 19.5 Å². The molecule has 0 unspecified atom stereocenters. The molecule has 0 N–H and O–H groups in total. The van der Waals surface area contributed by atoms with E-state index in [1.807, 2.05) is 0 Å². The molecule has 0 heterocycles. The predicted octanol–water partition coefficient (Wildman–Crippen LogP) is 1.31. The van der Waals surface area contributed by atoms with Gasteiger partial charge in [0.05, 0.1) is 0 Å². The summed E-state index contributed by atoms with van der Waals surface area (Å²) in [4.78, 5) is 12.5. The molecule has 11 heavy (non-hydrogen) atoms. The number of aldehydes is 1. The van der Waals surface area contributed by atoms with Crippen molar-refractivity contribution < 1.29 is 4.79 Å². The number of hydrogen-bond acceptors (Lipinski definition) is 2. The highest BCUT2D eigenvalue weighted by atomic mass is 16.1. The van der Waals surface area contributed by atoms with Crippen molar-refractivity contribution in [1.29, 1.82) is 0 Å². The van der Waals surface area contributed by atoms with Gasteiger partial charge in [-0.1, -0.05) is 6.92 Å². The van der Waals surface area contributed by atoms with Crippen molar-refractivity contribution >= 4 is 6.29 Å². The Hall–Kier alpha value is -0.370. The fourth-order valence-electron chi connectivity index (χ4n) is 1.28. The van der Waals surface area contributed by atoms with E-state index in [4.69, 9.17) is 0 Å². The van der Waals surface area contributed by atoms with E-state index in [-0.39, 0.29) is 0 Å². The minimum Gasteiger partial charge on any atom is -0.303 e. The number of carbonyl (C=O) groups is 1. The van der Waals surface area contributed by atoms with Gasteiger partial charge in [0.2, 0.25) is 0 Å². The largest absolute Gasteiger partial charge is 0.303 e. The molecule has 1 saturated carbocycles. The van der Waals surface area contributed by atoms with E-state index in [0.29, 0.717) is 6.42 Å². The molecule has 0 aromatic carbocycles. The van der Waals surface area contributed by atoms with Gasteiger partial charge in [0.25, 0.3) is 0 Å². The van der Waals surface area contributed by atoms with Crippen molar-refractivity contribution in [3.8, 4) is 0 Å². The molecule has 0 aromatic rings. The Labute approximate surface area is 68.6 Å². The van der Waals surface area contributed by atoms with Gasteiger partial charge >= 0.3 is 0 Å². The van der Waals surface area contributed by atoms with E-state index in [9.17, 15) is 4.79 Å². The van der Waals surface area contributed by atoms with Crippen LogP contribution < -0.4 is 0 Å². The van der Waals surface area contributed by atoms with Crippen LogP contribution in [-0.2, 0) is 4.79 Å². The minimum absolute atomic E-state index is 0.695. The van der Waals surface area contributed by atoms with Gasteiger partial charge in [-0.15, -0.1) is 0 Å². The van der Waals surface area contributed by atoms with Gasteiger partial charge < -0.3 is 9.69 Å². The van der Waals surface area contributed by atoms with E-state index in [0.717, 1.165) is 25.3 Å². The Balaban J connectivity index is 2.07. The molecule has 0 aromatic heterocycles. The molecule has 0 amide bonds. The number of hydrogen-bond donors (Lipinski definition) is 0. The summed E-state index contributed by atoms with van der Waals surface area (Å²) in [5, 5.41) is 0. The van der Waals surface area contributed by atoms with Gasteiger partial charge in [-0.25, -0.2) is 0 Å². The zero-order valence-electron chi connectivity index (χ0n) is 7.25. The van der Waals surface area contributed by atoms with Crippen molar-refractivity contribution in [1.82, 2.24) is 4.90 Å². The van der Waals surface area contributed by atoms with Crippen LogP contribution in [0, 0.1) is 5.92 Å². The Kier molecular flexibility index (Phi) is 3.57. The molecule has 0 aliphatic heterocycles. The summed E-state index contributed by atoms with van der Waals surface area (Å²) in [5.74, 6) is 0.946. The van der Waals surface area contributed by atoms with Crippen molar-refractivity contribution in [3.63, 3.8) is 0 Å². The Morgan fingerprint density at radius 2 is 2.27 bits per heavy atom. The van der Waals surface area contributed by atoms with Crippen LogP contribution in [0.1, 0.15) is 26.2 Å². The number of rotatable bonds is 6. The lowest BCUT2D eigenvalue weighted by Crippen LogP contribution is -2.26. The Morgan fingerprint density at radius 3 is 2.73 bits per heavy atom. The van der Waals surface area contributed by atoms with E-state index >= 15 is 0 Å². The first kappa shape index (κ1) is 8.72. The molecule has 1 aliphatic rings. The van der Waals surface area contributed by atoms with Crippen LogP contribution in [0.4, 0.5) is 0 Å². The molecular weight excluding hydrogens is 138 g/mol. The van der Waals surface area contributed by atoms with Gasteiger partial charge in [-0.2, -0.15) is 0 Å². The first-order valence-corrected chi connectivity index (χ1v) is 4.52. The second kappa shape index (κ2) is 4.50. The smallest absolute Gasteiger partial charge is 0.121 e. The molecule has 2 heteroatoms. The lowest BCUT2D eigenvalue weighted by Gasteiger charge is -2.18. The third-order valence-electron chi connectivity index (χ3n) is 2.22. The molecule has 2 nitrogen and oxygen atoms in total. The highest BCUT2D eigenvalue weighted by molar-refractivity contribution is 5.49.